The molecular formula is C19H12F6N2O3. The Balaban J connectivity index is 2.15. The molecule has 0 radical (unpaired) electrons. The first-order chi connectivity index (χ1) is 13.9. The normalized spacial score (nSPS) is 12.2. The summed E-state index contributed by atoms with van der Waals surface area (Å²) in [5.41, 5.74) is -3.48. The summed E-state index contributed by atoms with van der Waals surface area (Å²) < 4.78 is 79.8. The van der Waals surface area contributed by atoms with Crippen LogP contribution in [0.5, 0.6) is 0 Å². The Bertz CT molecular complexity index is 1050. The number of hydrogen-bond donors (Lipinski definition) is 2. The Morgan fingerprint density at radius 1 is 0.933 bits per heavy atom. The zero-order valence-electron chi connectivity index (χ0n) is 14.8. The first-order valence-electron chi connectivity index (χ1n) is 8.23. The van der Waals surface area contributed by atoms with Gasteiger partial charge in [-0.05, 0) is 42.5 Å². The van der Waals surface area contributed by atoms with Crippen molar-refractivity contribution in [3.63, 3.8) is 0 Å². The van der Waals surface area contributed by atoms with Gasteiger partial charge in [-0.2, -0.15) is 31.4 Å². The van der Waals surface area contributed by atoms with Crippen molar-refractivity contribution < 1.29 is 41.4 Å². The van der Waals surface area contributed by atoms with Crippen molar-refractivity contribution in [3.05, 3.63) is 70.9 Å². The van der Waals surface area contributed by atoms with E-state index in [2.05, 4.69) is 5.10 Å². The molecule has 2 N–H and O–H groups in total. The van der Waals surface area contributed by atoms with Crippen molar-refractivity contribution in [2.45, 2.75) is 19.0 Å². The first-order valence-corrected chi connectivity index (χ1v) is 8.23. The lowest BCUT2D eigenvalue weighted by atomic mass is 10.0. The molecule has 0 spiro atoms. The fourth-order valence-corrected chi connectivity index (χ4v) is 2.75. The Morgan fingerprint density at radius 2 is 1.47 bits per heavy atom. The number of carbonyl (C=O) groups is 1. The molecule has 3 aromatic rings. The van der Waals surface area contributed by atoms with Crippen LogP contribution in [0.3, 0.4) is 0 Å². The number of carboxylic acid groups (broad SMARTS) is 1. The van der Waals surface area contributed by atoms with Crippen LogP contribution in [0.1, 0.15) is 27.0 Å². The highest BCUT2D eigenvalue weighted by atomic mass is 19.4. The van der Waals surface area contributed by atoms with Crippen molar-refractivity contribution in [1.82, 2.24) is 9.78 Å². The largest absolute Gasteiger partial charge is 0.478 e. The summed E-state index contributed by atoms with van der Waals surface area (Å²) in [7, 11) is 0. The lowest BCUT2D eigenvalue weighted by molar-refractivity contribution is -0.143. The molecule has 158 valence electrons. The number of nitrogens with zero attached hydrogens (tertiary/aromatic N) is 2. The third-order valence-electron chi connectivity index (χ3n) is 4.20. The number of alkyl halides is 6. The Morgan fingerprint density at radius 3 is 1.90 bits per heavy atom. The second-order valence-corrected chi connectivity index (χ2v) is 6.25. The van der Waals surface area contributed by atoms with Crippen LogP contribution in [0.15, 0.2) is 48.7 Å². The second-order valence-electron chi connectivity index (χ2n) is 6.25. The SMILES string of the molecule is O=C(O)c1ccc(-n2cc(CO)c(-c3cc(C(F)(F)F)cc(C(F)(F)F)c3)n2)cc1. The molecule has 11 heteroatoms. The molecule has 5 nitrogen and oxygen atoms in total. The van der Waals surface area contributed by atoms with E-state index < -0.39 is 41.6 Å². The molecule has 3 rings (SSSR count). The Labute approximate surface area is 164 Å². The van der Waals surface area contributed by atoms with Gasteiger partial charge in [0.05, 0.1) is 34.7 Å². The number of rotatable bonds is 4. The molecule has 0 atom stereocenters. The summed E-state index contributed by atoms with van der Waals surface area (Å²) >= 11 is 0. The van der Waals surface area contributed by atoms with E-state index in [0.717, 1.165) is 4.68 Å². The lowest BCUT2D eigenvalue weighted by Gasteiger charge is -2.14. The maximum Gasteiger partial charge on any atom is 0.416 e. The van der Waals surface area contributed by atoms with E-state index in [0.29, 0.717) is 17.8 Å². The van der Waals surface area contributed by atoms with E-state index >= 15 is 0 Å². The zero-order valence-corrected chi connectivity index (χ0v) is 14.8. The van der Waals surface area contributed by atoms with Gasteiger partial charge in [0, 0.05) is 17.3 Å². The number of carboxylic acids is 1. The van der Waals surface area contributed by atoms with Crippen molar-refractivity contribution in [3.8, 4) is 16.9 Å². The maximum absolute atomic E-state index is 13.1. The van der Waals surface area contributed by atoms with E-state index in [4.69, 9.17) is 5.11 Å². The number of aliphatic hydroxyl groups is 1. The van der Waals surface area contributed by atoms with Gasteiger partial charge in [0.2, 0.25) is 0 Å². The molecule has 0 bridgehead atoms. The summed E-state index contributed by atoms with van der Waals surface area (Å²) in [6.45, 7) is -0.694. The van der Waals surface area contributed by atoms with Crippen molar-refractivity contribution >= 4 is 5.97 Å². The van der Waals surface area contributed by atoms with Crippen LogP contribution in [0.25, 0.3) is 16.9 Å². The molecule has 1 aromatic heterocycles. The van der Waals surface area contributed by atoms with Crippen LogP contribution in [0.4, 0.5) is 26.3 Å². The molecule has 0 unspecified atom stereocenters. The van der Waals surface area contributed by atoms with E-state index in [9.17, 15) is 36.2 Å². The van der Waals surface area contributed by atoms with Crippen LogP contribution >= 0.6 is 0 Å². The van der Waals surface area contributed by atoms with Gasteiger partial charge in [0.15, 0.2) is 0 Å². The van der Waals surface area contributed by atoms with E-state index in [1.807, 2.05) is 0 Å². The maximum atomic E-state index is 13.1. The third kappa shape index (κ3) is 4.30. The van der Waals surface area contributed by atoms with Crippen molar-refractivity contribution in [1.29, 1.82) is 0 Å². The minimum atomic E-state index is -5.02. The van der Waals surface area contributed by atoms with Crippen LogP contribution in [-0.2, 0) is 19.0 Å². The quantitative estimate of drug-likeness (QED) is 0.585. The monoisotopic (exact) mass is 430 g/mol. The third-order valence-corrected chi connectivity index (χ3v) is 4.20. The Kier molecular flexibility index (Phi) is 5.33. The van der Waals surface area contributed by atoms with Gasteiger partial charge >= 0.3 is 18.3 Å². The highest BCUT2D eigenvalue weighted by Crippen LogP contribution is 2.39. The van der Waals surface area contributed by atoms with Crippen molar-refractivity contribution in [2.75, 3.05) is 0 Å². The topological polar surface area (TPSA) is 75.3 Å². The molecule has 0 saturated carbocycles. The number of aromatic nitrogens is 2. The lowest BCUT2D eigenvalue weighted by Crippen LogP contribution is -2.11. The molecule has 1 heterocycles. The number of aliphatic hydroxyl groups excluding tert-OH is 1. The number of aromatic carboxylic acids is 1. The average Bonchev–Trinajstić information content (AvgIpc) is 3.11. The first kappa shape index (κ1) is 21.4. The van der Waals surface area contributed by atoms with Gasteiger partial charge in [0.25, 0.3) is 0 Å². The van der Waals surface area contributed by atoms with Crippen molar-refractivity contribution in [2.24, 2.45) is 0 Å². The van der Waals surface area contributed by atoms with Crippen LogP contribution in [0, 0.1) is 0 Å². The summed E-state index contributed by atoms with van der Waals surface area (Å²) in [6, 6.07) is 6.27. The van der Waals surface area contributed by atoms with E-state index in [-0.39, 0.29) is 22.9 Å². The Hall–Kier alpha value is -3.34. The van der Waals surface area contributed by atoms with E-state index in [1.165, 1.54) is 30.5 Å². The van der Waals surface area contributed by atoms with Crippen LogP contribution < -0.4 is 0 Å². The highest BCUT2D eigenvalue weighted by Gasteiger charge is 2.37. The van der Waals surface area contributed by atoms with Crippen LogP contribution in [-0.4, -0.2) is 26.0 Å². The fraction of sp³-hybridized carbons (Fsp3) is 0.158. The van der Waals surface area contributed by atoms with Gasteiger partial charge in [-0.3, -0.25) is 0 Å². The molecule has 0 aliphatic rings. The zero-order chi connectivity index (χ0) is 22.3. The summed E-state index contributed by atoms with van der Waals surface area (Å²) in [4.78, 5) is 10.9. The second kappa shape index (κ2) is 7.48. The van der Waals surface area contributed by atoms with Gasteiger partial charge < -0.3 is 10.2 Å². The minimum absolute atomic E-state index is 0.00371. The number of halogens is 6. The molecule has 30 heavy (non-hydrogen) atoms. The fourth-order valence-electron chi connectivity index (χ4n) is 2.75. The minimum Gasteiger partial charge on any atom is -0.478 e. The summed E-state index contributed by atoms with van der Waals surface area (Å²) in [6.07, 6.45) is -8.81. The van der Waals surface area contributed by atoms with Gasteiger partial charge in [-0.1, -0.05) is 0 Å². The molecular weight excluding hydrogens is 418 g/mol. The number of benzene rings is 2. The molecule has 0 amide bonds. The molecule has 2 aromatic carbocycles. The molecule has 0 fully saturated rings. The smallest absolute Gasteiger partial charge is 0.416 e. The summed E-state index contributed by atoms with van der Waals surface area (Å²) in [5, 5.41) is 22.5. The standard InChI is InChI=1S/C19H12F6N2O3/c20-18(21,22)13-5-11(6-14(7-13)19(23,24)25)16-12(9-28)8-27(26-16)15-3-1-10(2-4-15)17(29)30/h1-8,28H,9H2,(H,29,30). The number of hydrogen-bond acceptors (Lipinski definition) is 3. The molecule has 0 aliphatic heterocycles. The highest BCUT2D eigenvalue weighted by molar-refractivity contribution is 5.87. The predicted octanol–water partition coefficient (Wildman–Crippen LogP) is 4.77. The summed E-state index contributed by atoms with van der Waals surface area (Å²) in [5.74, 6) is -1.18. The van der Waals surface area contributed by atoms with Gasteiger partial charge in [0.1, 0.15) is 0 Å². The van der Waals surface area contributed by atoms with Gasteiger partial charge in [-0.15, -0.1) is 0 Å². The van der Waals surface area contributed by atoms with Gasteiger partial charge in [-0.25, -0.2) is 9.48 Å². The average molecular weight is 430 g/mol. The van der Waals surface area contributed by atoms with Crippen LogP contribution in [0.2, 0.25) is 0 Å². The predicted molar refractivity (Wildman–Crippen MR) is 91.9 cm³/mol. The molecule has 0 saturated heterocycles. The van der Waals surface area contributed by atoms with E-state index in [1.54, 1.807) is 0 Å². The molecule has 0 aliphatic carbocycles.